The summed E-state index contributed by atoms with van der Waals surface area (Å²) in [7, 11) is 1.77. The highest BCUT2D eigenvalue weighted by Gasteiger charge is 2.16. The van der Waals surface area contributed by atoms with E-state index in [2.05, 4.69) is 4.98 Å². The minimum Gasteiger partial charge on any atom is -0.492 e. The zero-order valence-electron chi connectivity index (χ0n) is 15.1. The number of ether oxygens (including phenoxy) is 1. The van der Waals surface area contributed by atoms with E-state index in [0.29, 0.717) is 23.7 Å². The van der Waals surface area contributed by atoms with Crippen molar-refractivity contribution >= 4 is 28.4 Å². The zero-order chi connectivity index (χ0) is 18.7. The number of hydrogen-bond acceptors (Lipinski definition) is 3. The van der Waals surface area contributed by atoms with Crippen LogP contribution >= 0.6 is 11.6 Å². The number of nitrogens with zero attached hydrogens (tertiary/aromatic N) is 2. The SMILES string of the molecule is Cc1ccc2cc(C(=O)N(C)CCOc3ccc(Cl)cc3)c(C)nc2c1. The lowest BCUT2D eigenvalue weighted by Gasteiger charge is -2.19. The van der Waals surface area contributed by atoms with Crippen LogP contribution in [0.3, 0.4) is 0 Å². The van der Waals surface area contributed by atoms with Crippen molar-refractivity contribution in [2.24, 2.45) is 0 Å². The molecule has 0 unspecified atom stereocenters. The first-order chi connectivity index (χ1) is 12.4. The Kier molecular flexibility index (Phi) is 5.43. The predicted octanol–water partition coefficient (Wildman–Crippen LogP) is 4.66. The number of hydrogen-bond donors (Lipinski definition) is 0. The molecule has 1 aromatic heterocycles. The van der Waals surface area contributed by atoms with Gasteiger partial charge in [0.1, 0.15) is 12.4 Å². The van der Waals surface area contributed by atoms with Gasteiger partial charge in [-0.25, -0.2) is 0 Å². The average Bonchev–Trinajstić information content (AvgIpc) is 2.62. The third-order valence-electron chi connectivity index (χ3n) is 4.25. The first kappa shape index (κ1) is 18.2. The molecule has 0 aliphatic heterocycles. The van der Waals surface area contributed by atoms with E-state index in [0.717, 1.165) is 27.9 Å². The second-order valence-corrected chi connectivity index (χ2v) is 6.78. The summed E-state index contributed by atoms with van der Waals surface area (Å²) in [4.78, 5) is 19.0. The summed E-state index contributed by atoms with van der Waals surface area (Å²) in [6.45, 7) is 4.78. The highest BCUT2D eigenvalue weighted by atomic mass is 35.5. The van der Waals surface area contributed by atoms with Crippen LogP contribution in [0.15, 0.2) is 48.5 Å². The molecule has 0 radical (unpaired) electrons. The van der Waals surface area contributed by atoms with Crippen molar-refractivity contribution in [1.82, 2.24) is 9.88 Å². The summed E-state index contributed by atoms with van der Waals surface area (Å²) in [6, 6.07) is 15.1. The molecule has 0 aliphatic rings. The lowest BCUT2D eigenvalue weighted by molar-refractivity contribution is 0.0773. The smallest absolute Gasteiger partial charge is 0.255 e. The molecule has 0 atom stereocenters. The third-order valence-corrected chi connectivity index (χ3v) is 4.50. The Hall–Kier alpha value is -2.59. The zero-order valence-corrected chi connectivity index (χ0v) is 15.9. The maximum absolute atomic E-state index is 12.8. The Morgan fingerprint density at radius 3 is 2.58 bits per heavy atom. The molecule has 134 valence electrons. The van der Waals surface area contributed by atoms with Crippen LogP contribution in [0.1, 0.15) is 21.6 Å². The molecule has 5 heteroatoms. The van der Waals surface area contributed by atoms with Crippen molar-refractivity contribution in [3.05, 3.63) is 70.4 Å². The second kappa shape index (κ2) is 7.75. The molecule has 0 spiro atoms. The molecule has 0 saturated carbocycles. The first-order valence-electron chi connectivity index (χ1n) is 8.46. The molecular weight excluding hydrogens is 348 g/mol. The number of aromatic nitrogens is 1. The number of benzene rings is 2. The van der Waals surface area contributed by atoms with Gasteiger partial charge < -0.3 is 9.64 Å². The van der Waals surface area contributed by atoms with E-state index < -0.39 is 0 Å². The average molecular weight is 369 g/mol. The van der Waals surface area contributed by atoms with Gasteiger partial charge in [0.2, 0.25) is 0 Å². The van der Waals surface area contributed by atoms with E-state index in [1.54, 1.807) is 24.1 Å². The molecule has 3 aromatic rings. The first-order valence-corrected chi connectivity index (χ1v) is 8.83. The van der Waals surface area contributed by atoms with Crippen molar-refractivity contribution in [2.75, 3.05) is 20.2 Å². The maximum atomic E-state index is 12.8. The molecule has 1 amide bonds. The van der Waals surface area contributed by atoms with Crippen LogP contribution in [0.25, 0.3) is 10.9 Å². The minimum absolute atomic E-state index is 0.0582. The Morgan fingerprint density at radius 2 is 1.85 bits per heavy atom. The van der Waals surface area contributed by atoms with Gasteiger partial charge in [0.15, 0.2) is 0 Å². The van der Waals surface area contributed by atoms with Crippen molar-refractivity contribution in [2.45, 2.75) is 13.8 Å². The molecule has 0 bridgehead atoms. The largest absolute Gasteiger partial charge is 0.492 e. The molecular formula is C21H21ClN2O2. The third kappa shape index (κ3) is 4.14. The number of fused-ring (bicyclic) bond motifs is 1. The lowest BCUT2D eigenvalue weighted by Crippen LogP contribution is -2.31. The van der Waals surface area contributed by atoms with Crippen LogP contribution in [0.2, 0.25) is 5.02 Å². The van der Waals surface area contributed by atoms with Gasteiger partial charge in [0.05, 0.1) is 23.3 Å². The number of halogens is 1. The standard InChI is InChI=1S/C21H21ClN2O2/c1-14-4-5-16-13-19(15(2)23-20(16)12-14)21(25)24(3)10-11-26-18-8-6-17(22)7-9-18/h4-9,12-13H,10-11H2,1-3H3. The highest BCUT2D eigenvalue weighted by Crippen LogP contribution is 2.19. The van der Waals surface area contributed by atoms with Gasteiger partial charge in [0, 0.05) is 17.5 Å². The fourth-order valence-corrected chi connectivity index (χ4v) is 2.85. The fourth-order valence-electron chi connectivity index (χ4n) is 2.73. The number of carbonyl (C=O) groups is 1. The molecule has 0 saturated heterocycles. The number of likely N-dealkylation sites (N-methyl/N-ethyl adjacent to an activating group) is 1. The number of rotatable bonds is 5. The van der Waals surface area contributed by atoms with Crippen LogP contribution in [0.4, 0.5) is 0 Å². The monoisotopic (exact) mass is 368 g/mol. The molecule has 26 heavy (non-hydrogen) atoms. The van der Waals surface area contributed by atoms with Gasteiger partial charge in [-0.15, -0.1) is 0 Å². The van der Waals surface area contributed by atoms with Crippen molar-refractivity contribution in [3.8, 4) is 5.75 Å². The van der Waals surface area contributed by atoms with Crippen LogP contribution in [0, 0.1) is 13.8 Å². The van der Waals surface area contributed by atoms with E-state index in [1.807, 2.05) is 50.2 Å². The van der Waals surface area contributed by atoms with Gasteiger partial charge >= 0.3 is 0 Å². The normalized spacial score (nSPS) is 10.8. The molecule has 0 aliphatic carbocycles. The van der Waals surface area contributed by atoms with Gasteiger partial charge in [-0.1, -0.05) is 23.7 Å². The van der Waals surface area contributed by atoms with E-state index in [1.165, 1.54) is 0 Å². The number of aryl methyl sites for hydroxylation is 2. The summed E-state index contributed by atoms with van der Waals surface area (Å²) in [6.07, 6.45) is 0. The Morgan fingerprint density at radius 1 is 1.12 bits per heavy atom. The van der Waals surface area contributed by atoms with Crippen LogP contribution < -0.4 is 4.74 Å². The van der Waals surface area contributed by atoms with E-state index in [4.69, 9.17) is 16.3 Å². The summed E-state index contributed by atoms with van der Waals surface area (Å²) in [5.74, 6) is 0.673. The summed E-state index contributed by atoms with van der Waals surface area (Å²) < 4.78 is 5.66. The summed E-state index contributed by atoms with van der Waals surface area (Å²) in [5, 5.41) is 1.63. The lowest BCUT2D eigenvalue weighted by atomic mass is 10.1. The quantitative estimate of drug-likeness (QED) is 0.658. The topological polar surface area (TPSA) is 42.4 Å². The van der Waals surface area contributed by atoms with Gasteiger partial charge in [-0.2, -0.15) is 0 Å². The van der Waals surface area contributed by atoms with E-state index >= 15 is 0 Å². The van der Waals surface area contributed by atoms with E-state index in [-0.39, 0.29) is 5.91 Å². The molecule has 4 nitrogen and oxygen atoms in total. The van der Waals surface area contributed by atoms with Crippen molar-refractivity contribution in [3.63, 3.8) is 0 Å². The predicted molar refractivity (Wildman–Crippen MR) is 105 cm³/mol. The Balaban J connectivity index is 1.67. The van der Waals surface area contributed by atoms with Gasteiger partial charge in [0.25, 0.3) is 5.91 Å². The number of carbonyl (C=O) groups excluding carboxylic acids is 1. The summed E-state index contributed by atoms with van der Waals surface area (Å²) in [5.41, 5.74) is 3.42. The molecule has 1 heterocycles. The number of amides is 1. The molecule has 0 fully saturated rings. The second-order valence-electron chi connectivity index (χ2n) is 6.35. The van der Waals surface area contributed by atoms with Crippen LogP contribution in [-0.4, -0.2) is 36.0 Å². The fraction of sp³-hybridized carbons (Fsp3) is 0.238. The van der Waals surface area contributed by atoms with Gasteiger partial charge in [-0.05, 0) is 55.8 Å². The Bertz CT molecular complexity index is 939. The van der Waals surface area contributed by atoms with E-state index in [9.17, 15) is 4.79 Å². The Labute approximate surface area is 158 Å². The number of pyridine rings is 1. The highest BCUT2D eigenvalue weighted by molar-refractivity contribution is 6.30. The molecule has 2 aromatic carbocycles. The van der Waals surface area contributed by atoms with Gasteiger partial charge in [-0.3, -0.25) is 9.78 Å². The maximum Gasteiger partial charge on any atom is 0.255 e. The summed E-state index contributed by atoms with van der Waals surface area (Å²) >= 11 is 5.86. The minimum atomic E-state index is -0.0582. The van der Waals surface area contributed by atoms with Crippen molar-refractivity contribution in [1.29, 1.82) is 0 Å². The molecule has 3 rings (SSSR count). The van der Waals surface area contributed by atoms with Crippen molar-refractivity contribution < 1.29 is 9.53 Å². The molecule has 0 N–H and O–H groups in total. The van der Waals surface area contributed by atoms with Crippen LogP contribution in [-0.2, 0) is 0 Å². The van der Waals surface area contributed by atoms with Crippen LogP contribution in [0.5, 0.6) is 5.75 Å².